The van der Waals surface area contributed by atoms with E-state index in [-0.39, 0.29) is 0 Å². The van der Waals surface area contributed by atoms with Crippen molar-refractivity contribution in [2.45, 2.75) is 25.7 Å². The second-order valence-electron chi connectivity index (χ2n) is 4.58. The molecule has 0 radical (unpaired) electrons. The van der Waals surface area contributed by atoms with Crippen LogP contribution in [0.15, 0.2) is 24.3 Å². The third-order valence-electron chi connectivity index (χ3n) is 3.66. The highest BCUT2D eigenvalue weighted by atomic mass is 14.9. The zero-order valence-corrected chi connectivity index (χ0v) is 9.74. The van der Waals surface area contributed by atoms with Crippen LogP contribution in [-0.2, 0) is 0 Å². The molecule has 2 heteroatoms. The van der Waals surface area contributed by atoms with Gasteiger partial charge in [-0.15, -0.1) is 0 Å². The molecular weight excluding hydrogens is 196 g/mol. The normalized spacial score (nSPS) is 19.0. The first-order chi connectivity index (χ1) is 7.83. The maximum atomic E-state index is 9.10. The van der Waals surface area contributed by atoms with Crippen LogP contribution in [0.25, 0.3) is 0 Å². The Morgan fingerprint density at radius 3 is 2.69 bits per heavy atom. The van der Waals surface area contributed by atoms with Gasteiger partial charge in [-0.3, -0.25) is 0 Å². The smallest absolute Gasteiger partial charge is 0.0994 e. The number of nitrogens with zero attached hydrogens (tertiary/aromatic N) is 1. The van der Waals surface area contributed by atoms with Gasteiger partial charge < -0.3 is 5.32 Å². The molecule has 16 heavy (non-hydrogen) atoms. The van der Waals surface area contributed by atoms with Crippen LogP contribution in [0.1, 0.15) is 36.8 Å². The Kier molecular flexibility index (Phi) is 3.58. The summed E-state index contributed by atoms with van der Waals surface area (Å²) in [5.41, 5.74) is 2.06. The lowest BCUT2D eigenvalue weighted by atomic mass is 9.80. The molecule has 0 amide bonds. The molecule has 0 bridgehead atoms. The first-order valence-corrected chi connectivity index (χ1v) is 6.02. The van der Waals surface area contributed by atoms with E-state index in [4.69, 9.17) is 5.26 Å². The van der Waals surface area contributed by atoms with Crippen LogP contribution in [0.5, 0.6) is 0 Å². The fraction of sp³-hybridized carbons (Fsp3) is 0.500. The van der Waals surface area contributed by atoms with Crippen LogP contribution in [-0.4, -0.2) is 13.1 Å². The van der Waals surface area contributed by atoms with Crippen LogP contribution in [0.4, 0.5) is 0 Å². The Morgan fingerprint density at radius 1 is 1.31 bits per heavy atom. The summed E-state index contributed by atoms with van der Waals surface area (Å²) in [6.07, 6.45) is 2.45. The van der Waals surface area contributed by atoms with Crippen LogP contribution in [0.3, 0.4) is 0 Å². The van der Waals surface area contributed by atoms with Crippen LogP contribution in [0.2, 0.25) is 0 Å². The molecule has 1 saturated heterocycles. The number of nitriles is 1. The first kappa shape index (κ1) is 11.2. The van der Waals surface area contributed by atoms with E-state index in [1.807, 2.05) is 18.2 Å². The van der Waals surface area contributed by atoms with Crippen molar-refractivity contribution in [3.05, 3.63) is 35.4 Å². The molecule has 1 aromatic rings. The minimum absolute atomic E-state index is 0.498. The molecular formula is C14H18N2. The highest BCUT2D eigenvalue weighted by molar-refractivity contribution is 5.39. The van der Waals surface area contributed by atoms with E-state index in [2.05, 4.69) is 24.4 Å². The van der Waals surface area contributed by atoms with Gasteiger partial charge in [0, 0.05) is 0 Å². The fourth-order valence-corrected chi connectivity index (χ4v) is 2.59. The zero-order chi connectivity index (χ0) is 11.4. The number of benzene rings is 1. The second kappa shape index (κ2) is 5.14. The van der Waals surface area contributed by atoms with E-state index in [1.54, 1.807) is 0 Å². The summed E-state index contributed by atoms with van der Waals surface area (Å²) in [4.78, 5) is 0. The Balaban J connectivity index is 2.19. The van der Waals surface area contributed by atoms with Gasteiger partial charge in [-0.2, -0.15) is 5.26 Å². The number of nitrogens with one attached hydrogen (secondary N) is 1. The average Bonchev–Trinajstić information content (AvgIpc) is 2.39. The molecule has 1 aromatic carbocycles. The van der Waals surface area contributed by atoms with Crippen molar-refractivity contribution in [1.29, 1.82) is 5.26 Å². The molecule has 0 aromatic heterocycles. The van der Waals surface area contributed by atoms with E-state index in [0.29, 0.717) is 5.92 Å². The fourth-order valence-electron chi connectivity index (χ4n) is 2.59. The lowest BCUT2D eigenvalue weighted by Crippen LogP contribution is -2.30. The zero-order valence-electron chi connectivity index (χ0n) is 9.74. The van der Waals surface area contributed by atoms with E-state index >= 15 is 0 Å². The van der Waals surface area contributed by atoms with Crippen molar-refractivity contribution in [2.24, 2.45) is 5.92 Å². The number of rotatable bonds is 2. The summed E-state index contributed by atoms with van der Waals surface area (Å²) in [7, 11) is 0. The number of hydrogen-bond donors (Lipinski definition) is 1. The molecule has 0 spiro atoms. The Hall–Kier alpha value is -1.33. The highest BCUT2D eigenvalue weighted by Crippen LogP contribution is 2.32. The molecule has 84 valence electrons. The van der Waals surface area contributed by atoms with Gasteiger partial charge in [0.1, 0.15) is 0 Å². The quantitative estimate of drug-likeness (QED) is 0.821. The molecule has 1 atom stereocenters. The first-order valence-electron chi connectivity index (χ1n) is 6.02. The van der Waals surface area contributed by atoms with Gasteiger partial charge >= 0.3 is 0 Å². The Morgan fingerprint density at radius 2 is 2.00 bits per heavy atom. The molecule has 0 aliphatic carbocycles. The largest absolute Gasteiger partial charge is 0.317 e. The average molecular weight is 214 g/mol. The SMILES string of the molecule is CC(c1ccccc1C#N)C1CCNCC1. The van der Waals surface area contributed by atoms with Gasteiger partial charge in [0.05, 0.1) is 11.6 Å². The van der Waals surface area contributed by atoms with Crippen LogP contribution < -0.4 is 5.32 Å². The van der Waals surface area contributed by atoms with Crippen LogP contribution in [0, 0.1) is 17.2 Å². The van der Waals surface area contributed by atoms with Gasteiger partial charge in [0.2, 0.25) is 0 Å². The molecule has 1 aliphatic heterocycles. The van der Waals surface area contributed by atoms with Crippen molar-refractivity contribution >= 4 is 0 Å². The molecule has 1 fully saturated rings. The predicted octanol–water partition coefficient (Wildman–Crippen LogP) is 2.66. The van der Waals surface area contributed by atoms with E-state index in [0.717, 1.165) is 24.6 Å². The number of hydrogen-bond acceptors (Lipinski definition) is 2. The number of piperidine rings is 1. The standard InChI is InChI=1S/C14H18N2/c1-11(12-6-8-16-9-7-12)14-5-3-2-4-13(14)10-15/h2-5,11-12,16H,6-9H2,1H3. The Labute approximate surface area is 97.3 Å². The van der Waals surface area contributed by atoms with E-state index < -0.39 is 0 Å². The van der Waals surface area contributed by atoms with E-state index in [9.17, 15) is 0 Å². The van der Waals surface area contributed by atoms with Gasteiger partial charge in [-0.1, -0.05) is 25.1 Å². The van der Waals surface area contributed by atoms with Gasteiger partial charge in [-0.05, 0) is 49.4 Å². The second-order valence-corrected chi connectivity index (χ2v) is 4.58. The van der Waals surface area contributed by atoms with Gasteiger partial charge in [0.25, 0.3) is 0 Å². The Bertz CT molecular complexity index is 386. The molecule has 2 rings (SSSR count). The summed E-state index contributed by atoms with van der Waals surface area (Å²) >= 11 is 0. The van der Waals surface area contributed by atoms with Crippen LogP contribution >= 0.6 is 0 Å². The molecule has 2 nitrogen and oxygen atoms in total. The van der Waals surface area contributed by atoms with Crippen molar-refractivity contribution in [3.63, 3.8) is 0 Å². The van der Waals surface area contributed by atoms with Crippen molar-refractivity contribution in [1.82, 2.24) is 5.32 Å². The third kappa shape index (κ3) is 2.25. The van der Waals surface area contributed by atoms with Crippen molar-refractivity contribution in [3.8, 4) is 6.07 Å². The predicted molar refractivity (Wildman–Crippen MR) is 65.2 cm³/mol. The monoisotopic (exact) mass is 214 g/mol. The van der Waals surface area contributed by atoms with Gasteiger partial charge in [-0.25, -0.2) is 0 Å². The summed E-state index contributed by atoms with van der Waals surface area (Å²) in [6, 6.07) is 10.3. The summed E-state index contributed by atoms with van der Waals surface area (Å²) in [5, 5.41) is 12.5. The summed E-state index contributed by atoms with van der Waals surface area (Å²) in [5.74, 6) is 1.22. The van der Waals surface area contributed by atoms with Crippen molar-refractivity contribution in [2.75, 3.05) is 13.1 Å². The van der Waals surface area contributed by atoms with Gasteiger partial charge in [0.15, 0.2) is 0 Å². The lowest BCUT2D eigenvalue weighted by Gasteiger charge is -2.29. The summed E-state index contributed by atoms with van der Waals surface area (Å²) < 4.78 is 0. The minimum atomic E-state index is 0.498. The molecule has 0 saturated carbocycles. The maximum Gasteiger partial charge on any atom is 0.0994 e. The summed E-state index contributed by atoms with van der Waals surface area (Å²) in [6.45, 7) is 4.49. The maximum absolute atomic E-state index is 9.10. The molecule has 1 unspecified atom stereocenters. The highest BCUT2D eigenvalue weighted by Gasteiger charge is 2.22. The van der Waals surface area contributed by atoms with E-state index in [1.165, 1.54) is 18.4 Å². The van der Waals surface area contributed by atoms with Crippen molar-refractivity contribution < 1.29 is 0 Å². The lowest BCUT2D eigenvalue weighted by molar-refractivity contribution is 0.330. The topological polar surface area (TPSA) is 35.8 Å². The minimum Gasteiger partial charge on any atom is -0.317 e. The molecule has 1 N–H and O–H groups in total. The third-order valence-corrected chi connectivity index (χ3v) is 3.66. The molecule has 1 aliphatic rings. The molecule has 1 heterocycles.